The van der Waals surface area contributed by atoms with Crippen LogP contribution in [0.4, 0.5) is 0 Å². The smallest absolute Gasteiger partial charge is 0.0160 e. The third kappa shape index (κ3) is 4.55. The van der Waals surface area contributed by atoms with Crippen LogP contribution in [0.5, 0.6) is 0 Å². The number of rotatable bonds is 6. The van der Waals surface area contributed by atoms with Crippen molar-refractivity contribution in [3.8, 4) is 0 Å². The number of hydrogen-bond acceptors (Lipinski definition) is 1. The molecule has 1 N–H and O–H groups in total. The topological polar surface area (TPSA) is 12.0 Å². The van der Waals surface area contributed by atoms with Gasteiger partial charge in [0.2, 0.25) is 0 Å². The Hall–Kier alpha value is -0.720. The molecule has 0 bridgehead atoms. The SMILES string of the molecule is C=CN/C(=C\C)C(C)(C)CC(C)(C)CC. The second-order valence-electron chi connectivity index (χ2n) is 5.63. The molecule has 0 heterocycles. The minimum atomic E-state index is 0.183. The standard InChI is InChI=1S/C14H27N/c1-8-12(15-10-3)14(6,7)11-13(4,5)9-2/h8,10,15H,3,9,11H2,1-2,4-7H3/b12-8-. The monoisotopic (exact) mass is 209 g/mol. The fourth-order valence-corrected chi connectivity index (χ4v) is 2.20. The molecule has 0 aliphatic heterocycles. The molecule has 0 aromatic heterocycles. The molecule has 0 radical (unpaired) electrons. The van der Waals surface area contributed by atoms with E-state index in [-0.39, 0.29) is 5.41 Å². The van der Waals surface area contributed by atoms with Gasteiger partial charge in [0.05, 0.1) is 0 Å². The normalized spacial score (nSPS) is 13.9. The summed E-state index contributed by atoms with van der Waals surface area (Å²) in [6.45, 7) is 17.3. The Bertz CT molecular complexity index is 234. The molecule has 0 rings (SSSR count). The van der Waals surface area contributed by atoms with Crippen molar-refractivity contribution in [3.05, 3.63) is 24.6 Å². The van der Waals surface area contributed by atoms with Crippen molar-refractivity contribution >= 4 is 0 Å². The van der Waals surface area contributed by atoms with Gasteiger partial charge in [-0.15, -0.1) is 0 Å². The molecule has 0 aromatic rings. The summed E-state index contributed by atoms with van der Waals surface area (Å²) in [6, 6.07) is 0. The molecule has 0 fully saturated rings. The van der Waals surface area contributed by atoms with Gasteiger partial charge in [-0.1, -0.05) is 53.7 Å². The summed E-state index contributed by atoms with van der Waals surface area (Å²) in [5.41, 5.74) is 1.84. The van der Waals surface area contributed by atoms with Gasteiger partial charge in [-0.05, 0) is 25.0 Å². The highest BCUT2D eigenvalue weighted by Crippen LogP contribution is 2.39. The first-order valence-electron chi connectivity index (χ1n) is 5.83. The first-order valence-corrected chi connectivity index (χ1v) is 5.83. The minimum absolute atomic E-state index is 0.183. The van der Waals surface area contributed by atoms with Crippen LogP contribution in [0.2, 0.25) is 0 Å². The first-order chi connectivity index (χ1) is 6.79. The maximum absolute atomic E-state index is 3.73. The van der Waals surface area contributed by atoms with E-state index in [1.54, 1.807) is 6.20 Å². The third-order valence-electron chi connectivity index (χ3n) is 3.15. The zero-order valence-electron chi connectivity index (χ0n) is 11.3. The lowest BCUT2D eigenvalue weighted by molar-refractivity contribution is 0.214. The van der Waals surface area contributed by atoms with Gasteiger partial charge < -0.3 is 5.32 Å². The average molecular weight is 209 g/mol. The van der Waals surface area contributed by atoms with Crippen LogP contribution in [0.1, 0.15) is 54.4 Å². The Kier molecular flexibility index (Phi) is 5.13. The van der Waals surface area contributed by atoms with Gasteiger partial charge in [0.1, 0.15) is 0 Å². The average Bonchev–Trinajstić information content (AvgIpc) is 2.12. The molecule has 0 saturated carbocycles. The van der Waals surface area contributed by atoms with Crippen LogP contribution >= 0.6 is 0 Å². The quantitative estimate of drug-likeness (QED) is 0.680. The largest absolute Gasteiger partial charge is 0.365 e. The highest BCUT2D eigenvalue weighted by molar-refractivity contribution is 5.12. The van der Waals surface area contributed by atoms with Crippen LogP contribution in [0.15, 0.2) is 24.6 Å². The van der Waals surface area contributed by atoms with E-state index in [0.717, 1.165) is 0 Å². The van der Waals surface area contributed by atoms with E-state index in [4.69, 9.17) is 0 Å². The lowest BCUT2D eigenvalue weighted by Gasteiger charge is -2.36. The van der Waals surface area contributed by atoms with Crippen LogP contribution in [-0.4, -0.2) is 0 Å². The van der Waals surface area contributed by atoms with Crippen LogP contribution in [-0.2, 0) is 0 Å². The van der Waals surface area contributed by atoms with Crippen LogP contribution in [0, 0.1) is 10.8 Å². The molecule has 0 aliphatic rings. The lowest BCUT2D eigenvalue weighted by atomic mass is 9.72. The number of nitrogens with one attached hydrogen (secondary N) is 1. The molecule has 15 heavy (non-hydrogen) atoms. The molecule has 0 aromatic carbocycles. The van der Waals surface area contributed by atoms with E-state index in [0.29, 0.717) is 5.41 Å². The highest BCUT2D eigenvalue weighted by atomic mass is 14.9. The fourth-order valence-electron chi connectivity index (χ4n) is 2.20. The van der Waals surface area contributed by atoms with Gasteiger partial charge >= 0.3 is 0 Å². The predicted molar refractivity (Wildman–Crippen MR) is 69.6 cm³/mol. The lowest BCUT2D eigenvalue weighted by Crippen LogP contribution is -2.29. The molecule has 0 amide bonds. The van der Waals surface area contributed by atoms with Crippen LogP contribution in [0.3, 0.4) is 0 Å². The van der Waals surface area contributed by atoms with Crippen LogP contribution < -0.4 is 5.32 Å². The summed E-state index contributed by atoms with van der Waals surface area (Å²) in [7, 11) is 0. The molecule has 88 valence electrons. The Morgan fingerprint density at radius 2 is 1.80 bits per heavy atom. The second-order valence-corrected chi connectivity index (χ2v) is 5.63. The highest BCUT2D eigenvalue weighted by Gasteiger charge is 2.30. The van der Waals surface area contributed by atoms with E-state index >= 15 is 0 Å². The van der Waals surface area contributed by atoms with E-state index in [1.165, 1.54) is 18.5 Å². The van der Waals surface area contributed by atoms with Crippen molar-refractivity contribution in [2.45, 2.75) is 54.4 Å². The Morgan fingerprint density at radius 1 is 1.27 bits per heavy atom. The molecule has 0 saturated heterocycles. The van der Waals surface area contributed by atoms with Gasteiger partial charge in [0.15, 0.2) is 0 Å². The summed E-state index contributed by atoms with van der Waals surface area (Å²) >= 11 is 0. The molecule has 0 unspecified atom stereocenters. The summed E-state index contributed by atoms with van der Waals surface area (Å²) in [5.74, 6) is 0. The summed E-state index contributed by atoms with van der Waals surface area (Å²) in [5, 5.41) is 3.24. The predicted octanol–water partition coefficient (Wildman–Crippen LogP) is 4.48. The van der Waals surface area contributed by atoms with E-state index in [1.807, 2.05) is 0 Å². The zero-order chi connectivity index (χ0) is 12.1. The molecule has 0 atom stereocenters. The van der Waals surface area contributed by atoms with E-state index in [2.05, 4.69) is 59.5 Å². The van der Waals surface area contributed by atoms with Gasteiger partial charge in [-0.2, -0.15) is 0 Å². The Balaban J connectivity index is 4.72. The minimum Gasteiger partial charge on any atom is -0.365 e. The molecule has 1 nitrogen and oxygen atoms in total. The molecular weight excluding hydrogens is 182 g/mol. The third-order valence-corrected chi connectivity index (χ3v) is 3.15. The molecular formula is C14H27N. The van der Waals surface area contributed by atoms with Crippen molar-refractivity contribution in [2.75, 3.05) is 0 Å². The molecule has 1 heteroatoms. The fraction of sp³-hybridized carbons (Fsp3) is 0.714. The number of hydrogen-bond donors (Lipinski definition) is 1. The van der Waals surface area contributed by atoms with Crippen molar-refractivity contribution in [1.29, 1.82) is 0 Å². The Labute approximate surface area is 95.7 Å². The van der Waals surface area contributed by atoms with Crippen molar-refractivity contribution in [3.63, 3.8) is 0 Å². The summed E-state index contributed by atoms with van der Waals surface area (Å²) < 4.78 is 0. The van der Waals surface area contributed by atoms with Crippen molar-refractivity contribution in [2.24, 2.45) is 10.8 Å². The van der Waals surface area contributed by atoms with Gasteiger partial charge in [-0.25, -0.2) is 0 Å². The van der Waals surface area contributed by atoms with Crippen molar-refractivity contribution in [1.82, 2.24) is 5.32 Å². The Morgan fingerprint density at radius 3 is 2.13 bits per heavy atom. The first kappa shape index (κ1) is 14.3. The van der Waals surface area contributed by atoms with Crippen LogP contribution in [0.25, 0.3) is 0 Å². The van der Waals surface area contributed by atoms with Gasteiger partial charge in [0, 0.05) is 11.1 Å². The second kappa shape index (κ2) is 5.39. The number of allylic oxidation sites excluding steroid dienone is 2. The molecule has 0 spiro atoms. The van der Waals surface area contributed by atoms with E-state index < -0.39 is 0 Å². The van der Waals surface area contributed by atoms with Gasteiger partial charge in [0.25, 0.3) is 0 Å². The summed E-state index contributed by atoms with van der Waals surface area (Å²) in [6.07, 6.45) is 6.29. The van der Waals surface area contributed by atoms with Gasteiger partial charge in [-0.3, -0.25) is 0 Å². The maximum Gasteiger partial charge on any atom is 0.0160 e. The summed E-state index contributed by atoms with van der Waals surface area (Å²) in [4.78, 5) is 0. The van der Waals surface area contributed by atoms with E-state index in [9.17, 15) is 0 Å². The molecule has 0 aliphatic carbocycles. The van der Waals surface area contributed by atoms with Crippen molar-refractivity contribution < 1.29 is 0 Å². The zero-order valence-corrected chi connectivity index (χ0v) is 11.3. The maximum atomic E-state index is 3.73.